The Hall–Kier alpha value is -1.30. The highest BCUT2D eigenvalue weighted by Gasteiger charge is 2.29. The van der Waals surface area contributed by atoms with E-state index < -0.39 is 25.9 Å². The van der Waals surface area contributed by atoms with Crippen LogP contribution in [-0.2, 0) is 19.9 Å². The van der Waals surface area contributed by atoms with E-state index in [0.717, 1.165) is 12.4 Å². The fraction of sp³-hybridized carbons (Fsp3) is 0.556. The van der Waals surface area contributed by atoms with E-state index in [-0.39, 0.29) is 22.3 Å². The number of nitrogens with one attached hydrogen (secondary N) is 2. The monoisotopic (exact) mass is 321 g/mol. The highest BCUT2D eigenvalue weighted by molar-refractivity contribution is 7.91. The van der Waals surface area contributed by atoms with Gasteiger partial charge in [-0.1, -0.05) is 0 Å². The van der Waals surface area contributed by atoms with Crippen molar-refractivity contribution in [1.29, 1.82) is 0 Å². The zero-order valence-electron chi connectivity index (χ0n) is 10.5. The molecule has 1 fully saturated rings. The van der Waals surface area contributed by atoms with Crippen LogP contribution in [0.3, 0.4) is 0 Å². The maximum Gasteiger partial charge on any atom is 0.243 e. The zero-order chi connectivity index (χ0) is 14.8. The topological polar surface area (TPSA) is 144 Å². The molecule has 0 radical (unpaired) electrons. The lowest BCUT2D eigenvalue weighted by Gasteiger charge is -2.22. The summed E-state index contributed by atoms with van der Waals surface area (Å²) in [4.78, 5) is 7.26. The fourth-order valence-corrected chi connectivity index (χ4v) is 4.83. The number of aromatic nitrogens is 2. The van der Waals surface area contributed by atoms with Gasteiger partial charge in [0.25, 0.3) is 0 Å². The molecular formula is C9H15N5O4S2. The lowest BCUT2D eigenvalue weighted by Crippen LogP contribution is -2.43. The number of nitrogens with zero attached hydrogens (tertiary/aromatic N) is 2. The van der Waals surface area contributed by atoms with Crippen molar-refractivity contribution in [3.05, 3.63) is 12.4 Å². The molecule has 1 atom stereocenters. The van der Waals surface area contributed by atoms with Crippen molar-refractivity contribution in [1.82, 2.24) is 14.7 Å². The molecule has 112 valence electrons. The van der Waals surface area contributed by atoms with E-state index in [0.29, 0.717) is 12.8 Å². The van der Waals surface area contributed by atoms with Crippen molar-refractivity contribution in [3.8, 4) is 0 Å². The third-order valence-electron chi connectivity index (χ3n) is 2.85. The van der Waals surface area contributed by atoms with E-state index in [4.69, 9.17) is 5.84 Å². The third-order valence-corrected chi connectivity index (χ3v) is 6.15. The van der Waals surface area contributed by atoms with E-state index in [1.165, 1.54) is 0 Å². The molecule has 0 spiro atoms. The first-order chi connectivity index (χ1) is 9.32. The molecule has 1 aromatic rings. The van der Waals surface area contributed by atoms with Crippen LogP contribution >= 0.6 is 0 Å². The van der Waals surface area contributed by atoms with Crippen molar-refractivity contribution in [2.45, 2.75) is 23.8 Å². The van der Waals surface area contributed by atoms with Crippen molar-refractivity contribution in [3.63, 3.8) is 0 Å². The van der Waals surface area contributed by atoms with Crippen LogP contribution in [0.5, 0.6) is 0 Å². The normalized spacial score (nSPS) is 22.4. The van der Waals surface area contributed by atoms with E-state index in [1.807, 2.05) is 0 Å². The quantitative estimate of drug-likeness (QED) is 0.454. The Balaban J connectivity index is 2.14. The average Bonchev–Trinajstić information content (AvgIpc) is 2.37. The molecule has 0 amide bonds. The molecule has 0 saturated carbocycles. The summed E-state index contributed by atoms with van der Waals surface area (Å²) < 4.78 is 49.5. The van der Waals surface area contributed by atoms with Gasteiger partial charge in [-0.05, 0) is 12.8 Å². The summed E-state index contributed by atoms with van der Waals surface area (Å²) in [6, 6.07) is -0.619. The molecule has 1 unspecified atom stereocenters. The minimum Gasteiger partial charge on any atom is -0.292 e. The molecule has 1 aromatic heterocycles. The van der Waals surface area contributed by atoms with E-state index >= 15 is 0 Å². The predicted molar refractivity (Wildman–Crippen MR) is 71.8 cm³/mol. The van der Waals surface area contributed by atoms with Gasteiger partial charge in [0.1, 0.15) is 4.90 Å². The lowest BCUT2D eigenvalue weighted by atomic mass is 10.2. The van der Waals surface area contributed by atoms with Crippen LogP contribution in [-0.4, -0.2) is 44.4 Å². The molecule has 1 saturated heterocycles. The van der Waals surface area contributed by atoms with E-state index in [1.54, 1.807) is 0 Å². The second-order valence-electron chi connectivity index (χ2n) is 4.46. The summed E-state index contributed by atoms with van der Waals surface area (Å²) in [6.45, 7) is 0. The summed E-state index contributed by atoms with van der Waals surface area (Å²) in [5.74, 6) is 5.09. The summed E-state index contributed by atoms with van der Waals surface area (Å²) in [5.41, 5.74) is 2.18. The first-order valence-corrected chi connectivity index (χ1v) is 9.14. The van der Waals surface area contributed by atoms with Crippen molar-refractivity contribution in [2.75, 3.05) is 16.9 Å². The first-order valence-electron chi connectivity index (χ1n) is 5.84. The highest BCUT2D eigenvalue weighted by Crippen LogP contribution is 2.15. The van der Waals surface area contributed by atoms with Crippen LogP contribution in [0.15, 0.2) is 17.3 Å². The van der Waals surface area contributed by atoms with Crippen molar-refractivity contribution >= 4 is 25.8 Å². The second kappa shape index (κ2) is 5.60. The molecule has 9 nitrogen and oxygen atoms in total. The number of anilines is 1. The molecule has 0 aliphatic carbocycles. The maximum absolute atomic E-state index is 12.1. The van der Waals surface area contributed by atoms with Gasteiger partial charge in [0, 0.05) is 6.04 Å². The van der Waals surface area contributed by atoms with Gasteiger partial charge in [-0.3, -0.25) is 5.43 Å². The number of nitrogens with two attached hydrogens (primary N) is 1. The Labute approximate surface area is 116 Å². The summed E-state index contributed by atoms with van der Waals surface area (Å²) >= 11 is 0. The largest absolute Gasteiger partial charge is 0.292 e. The molecule has 2 rings (SSSR count). The lowest BCUT2D eigenvalue weighted by molar-refractivity contribution is 0.517. The van der Waals surface area contributed by atoms with Gasteiger partial charge in [0.05, 0.1) is 23.9 Å². The Kier molecular flexibility index (Phi) is 4.22. The Morgan fingerprint density at radius 3 is 2.50 bits per heavy atom. The summed E-state index contributed by atoms with van der Waals surface area (Å²) in [7, 11) is -7.02. The molecule has 1 aliphatic rings. The Morgan fingerprint density at radius 1 is 1.30 bits per heavy atom. The second-order valence-corrected chi connectivity index (χ2v) is 8.40. The molecule has 0 aromatic carbocycles. The minimum absolute atomic E-state index is 0.0872. The number of nitrogen functional groups attached to an aromatic ring is 1. The predicted octanol–water partition coefficient (Wildman–Crippen LogP) is -1.38. The number of sulfone groups is 1. The molecule has 11 heteroatoms. The van der Waals surface area contributed by atoms with Crippen LogP contribution in [0.4, 0.5) is 5.95 Å². The number of hydrazine groups is 1. The van der Waals surface area contributed by atoms with Crippen LogP contribution in [0.25, 0.3) is 0 Å². The van der Waals surface area contributed by atoms with Gasteiger partial charge in [-0.2, -0.15) is 0 Å². The Bertz CT molecular complexity index is 671. The standard InChI is InChI=1S/C9H15N5O4S2/c10-13-9-11-4-8(5-12-9)20(17,18)14-7-2-1-3-19(15,16)6-7/h4-5,7,14H,1-3,6,10H2,(H,11,12,13). The number of rotatable bonds is 4. The van der Waals surface area contributed by atoms with Gasteiger partial charge in [-0.25, -0.2) is 37.4 Å². The van der Waals surface area contributed by atoms with Gasteiger partial charge >= 0.3 is 0 Å². The minimum atomic E-state index is -3.84. The van der Waals surface area contributed by atoms with Gasteiger partial charge in [0.2, 0.25) is 16.0 Å². The smallest absolute Gasteiger partial charge is 0.243 e. The molecule has 2 heterocycles. The van der Waals surface area contributed by atoms with Crippen LogP contribution in [0.2, 0.25) is 0 Å². The molecular weight excluding hydrogens is 306 g/mol. The van der Waals surface area contributed by atoms with E-state index in [9.17, 15) is 16.8 Å². The van der Waals surface area contributed by atoms with Gasteiger partial charge in [0.15, 0.2) is 9.84 Å². The summed E-state index contributed by atoms with van der Waals surface area (Å²) in [5, 5.41) is 0. The fourth-order valence-electron chi connectivity index (χ4n) is 1.93. The number of hydrogen-bond acceptors (Lipinski definition) is 8. The molecule has 20 heavy (non-hydrogen) atoms. The van der Waals surface area contributed by atoms with Crippen molar-refractivity contribution in [2.24, 2.45) is 5.84 Å². The molecule has 0 bridgehead atoms. The third kappa shape index (κ3) is 3.62. The zero-order valence-corrected chi connectivity index (χ0v) is 12.1. The number of sulfonamides is 1. The maximum atomic E-state index is 12.1. The Morgan fingerprint density at radius 2 is 1.95 bits per heavy atom. The van der Waals surface area contributed by atoms with Gasteiger partial charge < -0.3 is 0 Å². The van der Waals surface area contributed by atoms with Crippen molar-refractivity contribution < 1.29 is 16.8 Å². The van der Waals surface area contributed by atoms with E-state index in [2.05, 4.69) is 20.1 Å². The average molecular weight is 321 g/mol. The number of hydrogen-bond donors (Lipinski definition) is 3. The molecule has 4 N–H and O–H groups in total. The SMILES string of the molecule is NNc1ncc(S(=O)(=O)NC2CCCS(=O)(=O)C2)cn1. The summed E-state index contributed by atoms with van der Waals surface area (Å²) in [6.07, 6.45) is 3.13. The van der Waals surface area contributed by atoms with Crippen LogP contribution in [0, 0.1) is 0 Å². The highest BCUT2D eigenvalue weighted by atomic mass is 32.2. The van der Waals surface area contributed by atoms with Crippen LogP contribution < -0.4 is 16.0 Å². The molecule has 1 aliphatic heterocycles. The van der Waals surface area contributed by atoms with Crippen LogP contribution in [0.1, 0.15) is 12.8 Å². The van der Waals surface area contributed by atoms with Gasteiger partial charge in [-0.15, -0.1) is 0 Å². The first kappa shape index (κ1) is 15.1.